The summed E-state index contributed by atoms with van der Waals surface area (Å²) in [6, 6.07) is 3.66. The van der Waals surface area contributed by atoms with Crippen molar-refractivity contribution < 1.29 is 14.6 Å². The second-order valence-corrected chi connectivity index (χ2v) is 5.56. The van der Waals surface area contributed by atoms with E-state index in [0.717, 1.165) is 26.2 Å². The summed E-state index contributed by atoms with van der Waals surface area (Å²) in [5.41, 5.74) is 0. The zero-order valence-corrected chi connectivity index (χ0v) is 12.6. The van der Waals surface area contributed by atoms with Gasteiger partial charge in [0.2, 0.25) is 5.91 Å². The summed E-state index contributed by atoms with van der Waals surface area (Å²) >= 11 is 0. The molecule has 0 radical (unpaired) electrons. The first kappa shape index (κ1) is 15.2. The van der Waals surface area contributed by atoms with Crippen LogP contribution in [0, 0.1) is 0 Å². The third-order valence-corrected chi connectivity index (χ3v) is 4.12. The fourth-order valence-electron chi connectivity index (χ4n) is 2.88. The van der Waals surface area contributed by atoms with Crippen LogP contribution < -0.4 is 9.64 Å². The number of amides is 1. The molecule has 1 saturated heterocycles. The average molecular weight is 306 g/mol. The molecule has 1 aromatic rings. The third kappa shape index (κ3) is 3.37. The highest BCUT2D eigenvalue weighted by Gasteiger charge is 2.27. The highest BCUT2D eigenvalue weighted by atomic mass is 16.5. The molecule has 7 heteroatoms. The van der Waals surface area contributed by atoms with Crippen LogP contribution in [-0.2, 0) is 4.79 Å². The van der Waals surface area contributed by atoms with Crippen LogP contribution in [0.3, 0.4) is 0 Å². The normalized spacial score (nSPS) is 19.6. The van der Waals surface area contributed by atoms with Crippen molar-refractivity contribution >= 4 is 11.7 Å². The first-order chi connectivity index (χ1) is 10.8. The molecule has 120 valence electrons. The molecule has 0 atom stereocenters. The number of carbonyl (C=O) groups is 1. The van der Waals surface area contributed by atoms with Gasteiger partial charge in [-0.25, -0.2) is 4.98 Å². The minimum atomic E-state index is 0.0684. The number of hydrogen-bond acceptors (Lipinski definition) is 6. The maximum absolute atomic E-state index is 12.6. The molecule has 22 heavy (non-hydrogen) atoms. The van der Waals surface area contributed by atoms with Crippen LogP contribution in [0.5, 0.6) is 5.75 Å². The molecule has 1 amide bonds. The number of nitrogens with zero attached hydrogens (tertiary/aromatic N) is 4. The highest BCUT2D eigenvalue weighted by Crippen LogP contribution is 2.28. The lowest BCUT2D eigenvalue weighted by Crippen LogP contribution is -2.51. The van der Waals surface area contributed by atoms with Crippen LogP contribution >= 0.6 is 0 Å². The van der Waals surface area contributed by atoms with Crippen molar-refractivity contribution in [3.05, 3.63) is 18.3 Å². The lowest BCUT2D eigenvalue weighted by molar-refractivity contribution is -0.120. The lowest BCUT2D eigenvalue weighted by Gasteiger charge is -2.35. The van der Waals surface area contributed by atoms with Crippen molar-refractivity contribution in [3.8, 4) is 5.75 Å². The Balaban J connectivity index is 1.57. The molecular weight excluding hydrogens is 284 g/mol. The standard InChI is InChI=1S/C15H22N4O3/c20-10-8-17-4-6-18(7-5-17)12-14(21)19-9-11-22-13-2-1-3-16-15(13)19/h1-3,20H,4-12H2. The molecule has 3 heterocycles. The lowest BCUT2D eigenvalue weighted by atomic mass is 10.3. The summed E-state index contributed by atoms with van der Waals surface area (Å²) in [7, 11) is 0. The Labute approximate surface area is 130 Å². The summed E-state index contributed by atoms with van der Waals surface area (Å²) < 4.78 is 5.53. The van der Waals surface area contributed by atoms with Crippen molar-refractivity contribution in [2.75, 3.05) is 63.9 Å². The summed E-state index contributed by atoms with van der Waals surface area (Å²) in [4.78, 5) is 22.9. The van der Waals surface area contributed by atoms with E-state index in [0.29, 0.717) is 37.8 Å². The van der Waals surface area contributed by atoms with Gasteiger partial charge in [0.25, 0.3) is 0 Å². The Morgan fingerprint density at radius 2 is 2.00 bits per heavy atom. The second-order valence-electron chi connectivity index (χ2n) is 5.56. The number of fused-ring (bicyclic) bond motifs is 1. The van der Waals surface area contributed by atoms with Crippen LogP contribution in [0.15, 0.2) is 18.3 Å². The Hall–Kier alpha value is -1.70. The molecule has 0 saturated carbocycles. The molecule has 0 aliphatic carbocycles. The fraction of sp³-hybridized carbons (Fsp3) is 0.600. The van der Waals surface area contributed by atoms with Gasteiger partial charge in [-0.05, 0) is 12.1 Å². The molecule has 0 aromatic carbocycles. The van der Waals surface area contributed by atoms with E-state index in [1.54, 1.807) is 11.1 Å². The van der Waals surface area contributed by atoms with E-state index in [-0.39, 0.29) is 12.5 Å². The number of aromatic nitrogens is 1. The molecule has 7 nitrogen and oxygen atoms in total. The zero-order chi connectivity index (χ0) is 15.4. The molecule has 2 aliphatic rings. The number of ether oxygens (including phenoxy) is 1. The SMILES string of the molecule is O=C(CN1CCN(CCO)CC1)N1CCOc2cccnc21. The van der Waals surface area contributed by atoms with Gasteiger partial charge in [-0.15, -0.1) is 0 Å². The Bertz CT molecular complexity index is 517. The van der Waals surface area contributed by atoms with Crippen LogP contribution in [-0.4, -0.2) is 84.8 Å². The van der Waals surface area contributed by atoms with Gasteiger partial charge in [-0.2, -0.15) is 0 Å². The topological polar surface area (TPSA) is 69.1 Å². The highest BCUT2D eigenvalue weighted by molar-refractivity contribution is 5.95. The minimum Gasteiger partial charge on any atom is -0.488 e. The van der Waals surface area contributed by atoms with Gasteiger partial charge in [0, 0.05) is 38.9 Å². The number of aliphatic hydroxyl groups is 1. The molecule has 3 rings (SSSR count). The van der Waals surface area contributed by atoms with Gasteiger partial charge in [-0.3, -0.25) is 19.5 Å². The van der Waals surface area contributed by atoms with Crippen molar-refractivity contribution in [2.24, 2.45) is 0 Å². The van der Waals surface area contributed by atoms with Crippen LogP contribution in [0.25, 0.3) is 0 Å². The van der Waals surface area contributed by atoms with E-state index in [9.17, 15) is 4.79 Å². The smallest absolute Gasteiger partial charge is 0.242 e. The summed E-state index contributed by atoms with van der Waals surface area (Å²) in [6.07, 6.45) is 1.68. The van der Waals surface area contributed by atoms with E-state index < -0.39 is 0 Å². The van der Waals surface area contributed by atoms with Crippen molar-refractivity contribution in [1.29, 1.82) is 0 Å². The number of hydrogen-bond donors (Lipinski definition) is 1. The third-order valence-electron chi connectivity index (χ3n) is 4.12. The summed E-state index contributed by atoms with van der Waals surface area (Å²) in [5.74, 6) is 1.37. The molecule has 1 N–H and O–H groups in total. The van der Waals surface area contributed by atoms with E-state index in [1.807, 2.05) is 12.1 Å². The summed E-state index contributed by atoms with van der Waals surface area (Å²) in [5, 5.41) is 8.96. The zero-order valence-electron chi connectivity index (χ0n) is 12.6. The van der Waals surface area contributed by atoms with E-state index in [2.05, 4.69) is 14.8 Å². The Morgan fingerprint density at radius 1 is 1.23 bits per heavy atom. The van der Waals surface area contributed by atoms with Crippen molar-refractivity contribution in [3.63, 3.8) is 0 Å². The number of piperazine rings is 1. The monoisotopic (exact) mass is 306 g/mol. The number of carbonyl (C=O) groups excluding carboxylic acids is 1. The molecular formula is C15H22N4O3. The maximum Gasteiger partial charge on any atom is 0.242 e. The molecule has 0 bridgehead atoms. The number of anilines is 1. The van der Waals surface area contributed by atoms with Gasteiger partial charge in [0.1, 0.15) is 6.61 Å². The first-order valence-electron chi connectivity index (χ1n) is 7.71. The minimum absolute atomic E-state index is 0.0684. The summed E-state index contributed by atoms with van der Waals surface area (Å²) in [6.45, 7) is 5.86. The van der Waals surface area contributed by atoms with Gasteiger partial charge < -0.3 is 9.84 Å². The predicted molar refractivity (Wildman–Crippen MR) is 82.1 cm³/mol. The number of rotatable bonds is 4. The van der Waals surface area contributed by atoms with Gasteiger partial charge >= 0.3 is 0 Å². The van der Waals surface area contributed by atoms with E-state index >= 15 is 0 Å². The Kier molecular flexibility index (Phi) is 4.87. The maximum atomic E-state index is 12.6. The molecule has 0 spiro atoms. The molecule has 2 aliphatic heterocycles. The van der Waals surface area contributed by atoms with Gasteiger partial charge in [0.05, 0.1) is 19.7 Å². The Morgan fingerprint density at radius 3 is 2.77 bits per heavy atom. The van der Waals surface area contributed by atoms with Crippen molar-refractivity contribution in [2.45, 2.75) is 0 Å². The number of pyridine rings is 1. The average Bonchev–Trinajstić information content (AvgIpc) is 2.56. The van der Waals surface area contributed by atoms with Crippen molar-refractivity contribution in [1.82, 2.24) is 14.8 Å². The fourth-order valence-corrected chi connectivity index (χ4v) is 2.88. The molecule has 1 aromatic heterocycles. The second kappa shape index (κ2) is 7.04. The predicted octanol–water partition coefficient (Wildman–Crippen LogP) is -0.583. The molecule has 0 unspecified atom stereocenters. The van der Waals surface area contributed by atoms with Gasteiger partial charge in [-0.1, -0.05) is 0 Å². The van der Waals surface area contributed by atoms with E-state index in [4.69, 9.17) is 9.84 Å². The van der Waals surface area contributed by atoms with Crippen LogP contribution in [0.1, 0.15) is 0 Å². The van der Waals surface area contributed by atoms with Gasteiger partial charge in [0.15, 0.2) is 11.6 Å². The number of β-amino-alcohol motifs (C(OH)–C–C–N with tert-alkyl or cyclic N) is 1. The van der Waals surface area contributed by atoms with Crippen LogP contribution in [0.2, 0.25) is 0 Å². The number of aliphatic hydroxyl groups excluding tert-OH is 1. The first-order valence-corrected chi connectivity index (χ1v) is 7.71. The van der Waals surface area contributed by atoms with Crippen LogP contribution in [0.4, 0.5) is 5.82 Å². The van der Waals surface area contributed by atoms with E-state index in [1.165, 1.54) is 0 Å². The largest absolute Gasteiger partial charge is 0.488 e. The molecule has 1 fully saturated rings. The quantitative estimate of drug-likeness (QED) is 0.802.